The fourth-order valence-corrected chi connectivity index (χ4v) is 6.01. The van der Waals surface area contributed by atoms with Crippen LogP contribution in [0.3, 0.4) is 0 Å². The summed E-state index contributed by atoms with van der Waals surface area (Å²) in [6.45, 7) is -0.459. The number of aliphatic hydroxyl groups is 1. The van der Waals surface area contributed by atoms with Crippen LogP contribution in [0.15, 0.2) is 47.4 Å². The molecule has 134 valence electrons. The topological polar surface area (TPSA) is 96.6 Å². The van der Waals surface area contributed by atoms with Gasteiger partial charge in [0.2, 0.25) is 6.79 Å². The summed E-state index contributed by atoms with van der Waals surface area (Å²) < 4.78 is 36.8. The molecule has 1 saturated carbocycles. The molecule has 1 aliphatic heterocycles. The van der Waals surface area contributed by atoms with Gasteiger partial charge in [-0.05, 0) is 42.0 Å². The molecule has 0 aromatic heterocycles. The number of hydrogen-bond acceptors (Lipinski definition) is 6. The van der Waals surface area contributed by atoms with Crippen LogP contribution in [0.1, 0.15) is 11.5 Å². The minimum Gasteiger partial charge on any atom is -0.454 e. The standard InChI is InChI=1S/C18H14ClNO5S/c19-12-2-4-13(5-3-12)26(22,23)17-16(18(17,8-20)9-21)11-1-6-14-15(7-11)25-10-24-14/h1-7,16-17,21H,9-10H2/t16-,17-,18+/m1/s1. The Bertz CT molecular complexity index is 1010. The van der Waals surface area contributed by atoms with Crippen molar-refractivity contribution < 1.29 is 23.0 Å². The molecule has 0 unspecified atom stereocenters. The second-order valence-electron chi connectivity index (χ2n) is 6.32. The van der Waals surface area contributed by atoms with Crippen molar-refractivity contribution in [2.24, 2.45) is 5.41 Å². The van der Waals surface area contributed by atoms with Crippen molar-refractivity contribution in [3.8, 4) is 17.6 Å². The number of nitrogens with zero attached hydrogens (tertiary/aromatic N) is 1. The van der Waals surface area contributed by atoms with E-state index in [9.17, 15) is 18.8 Å². The molecule has 1 heterocycles. The van der Waals surface area contributed by atoms with Crippen molar-refractivity contribution in [3.05, 3.63) is 53.1 Å². The smallest absolute Gasteiger partial charge is 0.231 e. The van der Waals surface area contributed by atoms with E-state index in [0.29, 0.717) is 22.1 Å². The van der Waals surface area contributed by atoms with Crippen LogP contribution in [0.2, 0.25) is 5.02 Å². The molecule has 4 rings (SSSR count). The first-order valence-electron chi connectivity index (χ1n) is 7.85. The van der Waals surface area contributed by atoms with Crippen LogP contribution in [-0.4, -0.2) is 32.2 Å². The average molecular weight is 392 g/mol. The van der Waals surface area contributed by atoms with Crippen LogP contribution < -0.4 is 9.47 Å². The fourth-order valence-electron chi connectivity index (χ4n) is 3.57. The summed E-state index contributed by atoms with van der Waals surface area (Å²) in [5, 5.41) is 18.9. The van der Waals surface area contributed by atoms with E-state index in [-0.39, 0.29) is 11.7 Å². The molecule has 3 atom stereocenters. The first-order valence-corrected chi connectivity index (χ1v) is 9.77. The van der Waals surface area contributed by atoms with Gasteiger partial charge in [-0.2, -0.15) is 5.26 Å². The van der Waals surface area contributed by atoms with E-state index in [1.54, 1.807) is 18.2 Å². The highest BCUT2D eigenvalue weighted by Gasteiger charge is 2.72. The van der Waals surface area contributed by atoms with E-state index in [2.05, 4.69) is 0 Å². The lowest BCUT2D eigenvalue weighted by Gasteiger charge is -2.06. The van der Waals surface area contributed by atoms with E-state index >= 15 is 0 Å². The number of fused-ring (bicyclic) bond motifs is 1. The first kappa shape index (κ1) is 17.2. The van der Waals surface area contributed by atoms with Gasteiger partial charge in [0, 0.05) is 10.9 Å². The predicted molar refractivity (Wildman–Crippen MR) is 92.9 cm³/mol. The van der Waals surface area contributed by atoms with Gasteiger partial charge in [0.1, 0.15) is 5.41 Å². The van der Waals surface area contributed by atoms with E-state index in [0.717, 1.165) is 0 Å². The van der Waals surface area contributed by atoms with Crippen molar-refractivity contribution in [3.63, 3.8) is 0 Å². The van der Waals surface area contributed by atoms with E-state index in [1.807, 2.05) is 6.07 Å². The number of rotatable bonds is 4. The maximum atomic E-state index is 13.1. The summed E-state index contributed by atoms with van der Waals surface area (Å²) in [5.41, 5.74) is -0.779. The highest BCUT2D eigenvalue weighted by atomic mass is 35.5. The minimum absolute atomic E-state index is 0.0724. The molecule has 26 heavy (non-hydrogen) atoms. The van der Waals surface area contributed by atoms with E-state index < -0.39 is 33.0 Å². The van der Waals surface area contributed by atoms with Gasteiger partial charge in [0.05, 0.1) is 22.8 Å². The van der Waals surface area contributed by atoms with Crippen LogP contribution in [0.5, 0.6) is 11.5 Å². The lowest BCUT2D eigenvalue weighted by Crippen LogP contribution is -2.18. The van der Waals surface area contributed by atoms with Gasteiger partial charge in [0.25, 0.3) is 0 Å². The molecule has 1 N–H and O–H groups in total. The third-order valence-electron chi connectivity index (χ3n) is 4.96. The normalized spacial score (nSPS) is 26.3. The average Bonchev–Trinajstić information content (AvgIpc) is 3.12. The van der Waals surface area contributed by atoms with Gasteiger partial charge in [-0.1, -0.05) is 17.7 Å². The molecular formula is C18H14ClNO5S. The van der Waals surface area contributed by atoms with Crippen molar-refractivity contribution >= 4 is 21.4 Å². The summed E-state index contributed by atoms with van der Waals surface area (Å²) in [7, 11) is -3.84. The Balaban J connectivity index is 1.77. The number of hydrogen-bond donors (Lipinski definition) is 1. The maximum absolute atomic E-state index is 13.1. The second-order valence-corrected chi connectivity index (χ2v) is 8.83. The van der Waals surface area contributed by atoms with Crippen LogP contribution in [0, 0.1) is 16.7 Å². The summed E-state index contributed by atoms with van der Waals surface area (Å²) in [6.07, 6.45) is 0. The molecular weight excluding hydrogens is 378 g/mol. The van der Waals surface area contributed by atoms with Crippen LogP contribution in [0.4, 0.5) is 0 Å². The maximum Gasteiger partial charge on any atom is 0.231 e. The van der Waals surface area contributed by atoms with Crippen LogP contribution in [-0.2, 0) is 9.84 Å². The van der Waals surface area contributed by atoms with Crippen LogP contribution >= 0.6 is 11.6 Å². The zero-order valence-electron chi connectivity index (χ0n) is 13.4. The number of nitriles is 1. The quantitative estimate of drug-likeness (QED) is 0.860. The highest BCUT2D eigenvalue weighted by Crippen LogP contribution is 2.64. The molecule has 6 nitrogen and oxygen atoms in total. The third kappa shape index (κ3) is 2.37. The molecule has 2 aromatic carbocycles. The Labute approximate surface area is 155 Å². The lowest BCUT2D eigenvalue weighted by molar-refractivity contribution is 0.174. The molecule has 0 amide bonds. The molecule has 1 aliphatic carbocycles. The van der Waals surface area contributed by atoms with Crippen molar-refractivity contribution in [2.75, 3.05) is 13.4 Å². The van der Waals surface area contributed by atoms with Gasteiger partial charge < -0.3 is 14.6 Å². The van der Waals surface area contributed by atoms with Crippen molar-refractivity contribution in [1.82, 2.24) is 0 Å². The Morgan fingerprint density at radius 1 is 1.19 bits per heavy atom. The van der Waals surface area contributed by atoms with Gasteiger partial charge in [-0.25, -0.2) is 8.42 Å². The summed E-state index contributed by atoms with van der Waals surface area (Å²) in [5.74, 6) is 0.410. The summed E-state index contributed by atoms with van der Waals surface area (Å²) >= 11 is 5.83. The lowest BCUT2D eigenvalue weighted by atomic mass is 10.0. The summed E-state index contributed by atoms with van der Waals surface area (Å²) in [6, 6.07) is 12.9. The Morgan fingerprint density at radius 3 is 2.54 bits per heavy atom. The Kier molecular flexibility index (Phi) is 3.88. The SMILES string of the molecule is N#C[C@]1(CO)[C@H](c2ccc3c(c2)OCO3)[C@H]1S(=O)(=O)c1ccc(Cl)cc1. The zero-order valence-corrected chi connectivity index (χ0v) is 15.0. The number of aliphatic hydroxyl groups excluding tert-OH is 1. The zero-order chi connectivity index (χ0) is 18.5. The largest absolute Gasteiger partial charge is 0.454 e. The number of ether oxygens (including phenoxy) is 2. The molecule has 0 radical (unpaired) electrons. The van der Waals surface area contributed by atoms with Crippen molar-refractivity contribution in [1.29, 1.82) is 5.26 Å². The van der Waals surface area contributed by atoms with Crippen molar-refractivity contribution in [2.45, 2.75) is 16.1 Å². The molecule has 2 aliphatic rings. The third-order valence-corrected chi connectivity index (χ3v) is 7.50. The van der Waals surface area contributed by atoms with E-state index in [1.165, 1.54) is 24.3 Å². The number of benzene rings is 2. The molecule has 2 aromatic rings. The Morgan fingerprint density at radius 2 is 1.88 bits per heavy atom. The van der Waals surface area contributed by atoms with Crippen LogP contribution in [0.25, 0.3) is 0 Å². The molecule has 0 spiro atoms. The molecule has 0 bridgehead atoms. The second kappa shape index (κ2) is 5.88. The Hall–Kier alpha value is -2.27. The minimum atomic E-state index is -3.84. The van der Waals surface area contributed by atoms with E-state index in [4.69, 9.17) is 21.1 Å². The highest BCUT2D eigenvalue weighted by molar-refractivity contribution is 7.92. The predicted octanol–water partition coefficient (Wildman–Crippen LogP) is 2.51. The molecule has 0 saturated heterocycles. The summed E-state index contributed by atoms with van der Waals surface area (Å²) in [4.78, 5) is 0.0724. The van der Waals surface area contributed by atoms with Gasteiger partial charge in [-0.15, -0.1) is 0 Å². The first-order chi connectivity index (χ1) is 12.4. The van der Waals surface area contributed by atoms with Gasteiger partial charge >= 0.3 is 0 Å². The monoisotopic (exact) mass is 391 g/mol. The van der Waals surface area contributed by atoms with Gasteiger partial charge in [-0.3, -0.25) is 0 Å². The number of sulfone groups is 1. The number of halogens is 1. The molecule has 8 heteroatoms. The fraction of sp³-hybridized carbons (Fsp3) is 0.278. The molecule has 1 fully saturated rings. The van der Waals surface area contributed by atoms with Gasteiger partial charge in [0.15, 0.2) is 21.3 Å².